The molecule has 3 aliphatic rings. The van der Waals surface area contributed by atoms with Crippen LogP contribution in [-0.4, -0.2) is 143 Å². The van der Waals surface area contributed by atoms with Gasteiger partial charge in [0.2, 0.25) is 5.36 Å². The summed E-state index contributed by atoms with van der Waals surface area (Å²) >= 11 is 0. The van der Waals surface area contributed by atoms with Crippen molar-refractivity contribution in [2.75, 3.05) is 127 Å². The minimum atomic E-state index is -4.09. The first-order valence-corrected chi connectivity index (χ1v) is 25.2. The summed E-state index contributed by atoms with van der Waals surface area (Å²) in [6.45, 7) is 12.8. The van der Waals surface area contributed by atoms with Gasteiger partial charge >= 0.3 is 0 Å². The van der Waals surface area contributed by atoms with E-state index >= 15 is 0 Å². The van der Waals surface area contributed by atoms with Crippen LogP contribution in [0.1, 0.15) is 52.4 Å². The van der Waals surface area contributed by atoms with Gasteiger partial charge in [-0.2, -0.15) is 16.8 Å². The van der Waals surface area contributed by atoms with Crippen LogP contribution < -0.4 is 19.7 Å². The number of hydrogen-bond donors (Lipinski definition) is 2. The van der Waals surface area contributed by atoms with Crippen LogP contribution in [0.2, 0.25) is 0 Å². The van der Waals surface area contributed by atoms with Crippen LogP contribution in [0.4, 0.5) is 11.4 Å². The van der Waals surface area contributed by atoms with Crippen LogP contribution in [0.3, 0.4) is 0 Å². The second-order valence-corrected chi connectivity index (χ2v) is 18.5. The van der Waals surface area contributed by atoms with Crippen molar-refractivity contribution < 1.29 is 54.0 Å². The van der Waals surface area contributed by atoms with E-state index in [2.05, 4.69) is 64.6 Å². The Bertz CT molecular complexity index is 2200. The van der Waals surface area contributed by atoms with E-state index in [1.54, 1.807) is 0 Å². The molecular formula is C45H66N3O12S2+. The summed E-state index contributed by atoms with van der Waals surface area (Å²) in [6.07, 6.45) is 4.26. The molecule has 1 fully saturated rings. The fraction of sp³-hybridized carbons (Fsp3) is 0.578. The molecule has 1 saturated heterocycles. The fourth-order valence-corrected chi connectivity index (χ4v) is 8.41. The zero-order valence-electron chi connectivity index (χ0n) is 36.4. The summed E-state index contributed by atoms with van der Waals surface area (Å²) in [6, 6.07) is 20.7. The smallest absolute Gasteiger partial charge is 0.265 e. The van der Waals surface area contributed by atoms with E-state index in [9.17, 15) is 25.9 Å². The molecule has 17 heteroatoms. The summed E-state index contributed by atoms with van der Waals surface area (Å²) in [5.74, 6) is 0.00556. The topological polar surface area (TPSA) is 178 Å². The Morgan fingerprint density at radius 3 is 1.76 bits per heavy atom. The monoisotopic (exact) mass is 904 g/mol. The molecule has 0 unspecified atom stereocenters. The average Bonchev–Trinajstić information content (AvgIpc) is 3.24. The lowest BCUT2D eigenvalue weighted by molar-refractivity contribution is -0.0116. The van der Waals surface area contributed by atoms with Crippen LogP contribution in [0.15, 0.2) is 65.1 Å². The highest BCUT2D eigenvalue weighted by Gasteiger charge is 2.21. The molecule has 0 spiro atoms. The van der Waals surface area contributed by atoms with E-state index in [1.165, 1.54) is 0 Å². The molecular weight excluding hydrogens is 839 g/mol. The van der Waals surface area contributed by atoms with Gasteiger partial charge in [0.15, 0.2) is 0 Å². The Morgan fingerprint density at radius 2 is 1.18 bits per heavy atom. The predicted molar refractivity (Wildman–Crippen MR) is 244 cm³/mol. The van der Waals surface area contributed by atoms with E-state index in [0.29, 0.717) is 117 Å². The summed E-state index contributed by atoms with van der Waals surface area (Å²) in [5.41, 5.74) is 5.43. The Kier molecular flexibility index (Phi) is 20.4. The minimum Gasteiger partial charge on any atom is -0.456 e. The van der Waals surface area contributed by atoms with Gasteiger partial charge < -0.3 is 37.9 Å². The van der Waals surface area contributed by atoms with Gasteiger partial charge in [-0.1, -0.05) is 38.8 Å². The number of nitrogens with zero attached hydrogens (tertiary/aromatic N) is 3. The third kappa shape index (κ3) is 16.5. The first-order chi connectivity index (χ1) is 30.0. The maximum atomic E-state index is 11.6. The van der Waals surface area contributed by atoms with Gasteiger partial charge in [-0.3, -0.25) is 9.11 Å². The molecule has 2 N–H and O–H groups in total. The largest absolute Gasteiger partial charge is 0.456 e. The SMILES string of the molecule is CCCCN(CCCS(=O)(=O)O)c1ccc2c(-c3ccc(N4CCOCCOCCOCCOCCOCC4)cc3)c3ccc(=[N+](CCCC)CCCS(=O)(=O)O)cc-3oc2c1. The molecule has 0 saturated carbocycles. The number of anilines is 2. The molecule has 2 aromatic carbocycles. The molecule has 1 aliphatic carbocycles. The number of hydrogen-bond acceptors (Lipinski definition) is 12. The van der Waals surface area contributed by atoms with Crippen molar-refractivity contribution in [3.05, 3.63) is 66.0 Å². The van der Waals surface area contributed by atoms with Gasteiger partial charge in [0, 0.05) is 79.0 Å². The van der Waals surface area contributed by atoms with E-state index in [1.807, 2.05) is 24.3 Å². The van der Waals surface area contributed by atoms with Crippen LogP contribution in [0.5, 0.6) is 0 Å². The van der Waals surface area contributed by atoms with Gasteiger partial charge in [0.1, 0.15) is 24.4 Å². The lowest BCUT2D eigenvalue weighted by Crippen LogP contribution is -2.32. The number of ether oxygens (including phenoxy) is 5. The van der Waals surface area contributed by atoms with Crippen molar-refractivity contribution in [2.45, 2.75) is 52.4 Å². The molecule has 344 valence electrons. The zero-order chi connectivity index (χ0) is 44.2. The maximum Gasteiger partial charge on any atom is 0.265 e. The van der Waals surface area contributed by atoms with Gasteiger partial charge in [-0.25, -0.2) is 4.58 Å². The highest BCUT2D eigenvalue weighted by atomic mass is 32.2. The Labute approximate surface area is 367 Å². The third-order valence-corrected chi connectivity index (χ3v) is 12.3. The normalized spacial score (nSPS) is 16.5. The van der Waals surface area contributed by atoms with Gasteiger partial charge in [0.25, 0.3) is 20.2 Å². The Balaban J connectivity index is 1.54. The number of unbranched alkanes of at least 4 members (excludes halogenated alkanes) is 2. The van der Waals surface area contributed by atoms with Crippen LogP contribution >= 0.6 is 0 Å². The second kappa shape index (κ2) is 25.6. The van der Waals surface area contributed by atoms with Crippen LogP contribution in [0.25, 0.3) is 33.4 Å². The van der Waals surface area contributed by atoms with Crippen molar-refractivity contribution >= 4 is 42.6 Å². The van der Waals surface area contributed by atoms with Crippen molar-refractivity contribution in [1.82, 2.24) is 4.58 Å². The molecule has 0 radical (unpaired) electrons. The van der Waals surface area contributed by atoms with Gasteiger partial charge in [0.05, 0.1) is 83.6 Å². The molecule has 2 heterocycles. The summed E-state index contributed by atoms with van der Waals surface area (Å²) in [5, 5.41) is 1.78. The standard InChI is InChI=1S/C45H65N3O12S2/c1-3-5-17-46(19-7-33-61(49,50)51)39-13-15-41-43(35-39)60-44-36-40(47(18-6-4-2)20-8-34-62(52,53)54)14-16-42(44)45(41)37-9-11-38(12-10-37)48-21-23-55-25-27-57-29-31-59-32-30-58-28-26-56-24-22-48/h9-16,35-36H,3-8,17-34H2,1-2H3,(H-,49,50,51,52,53,54)/p+1. The van der Waals surface area contributed by atoms with Crippen molar-refractivity contribution in [3.63, 3.8) is 0 Å². The molecule has 5 rings (SSSR count). The Hall–Kier alpha value is -3.65. The highest BCUT2D eigenvalue weighted by molar-refractivity contribution is 7.86. The minimum absolute atomic E-state index is 0.273. The molecule has 0 aromatic heterocycles. The maximum absolute atomic E-state index is 11.6. The number of rotatable bonds is 17. The molecule has 15 nitrogen and oxygen atoms in total. The molecule has 0 bridgehead atoms. The molecule has 2 aliphatic heterocycles. The molecule has 2 aromatic rings. The van der Waals surface area contributed by atoms with E-state index in [-0.39, 0.29) is 24.3 Å². The van der Waals surface area contributed by atoms with Crippen LogP contribution in [-0.2, 0) is 43.9 Å². The predicted octanol–water partition coefficient (Wildman–Crippen LogP) is 5.84. The van der Waals surface area contributed by atoms with Crippen molar-refractivity contribution in [3.8, 4) is 22.5 Å². The number of benzene rings is 3. The molecule has 62 heavy (non-hydrogen) atoms. The second-order valence-electron chi connectivity index (χ2n) is 15.4. The van der Waals surface area contributed by atoms with Crippen molar-refractivity contribution in [2.24, 2.45) is 0 Å². The van der Waals surface area contributed by atoms with Gasteiger partial charge in [-0.05, 0) is 48.7 Å². The first kappa shape index (κ1) is 49.4. The van der Waals surface area contributed by atoms with Gasteiger partial charge in [-0.15, -0.1) is 0 Å². The van der Waals surface area contributed by atoms with Crippen LogP contribution in [0, 0.1) is 0 Å². The fourth-order valence-electron chi connectivity index (χ4n) is 7.43. The Morgan fingerprint density at radius 1 is 0.629 bits per heavy atom. The lowest BCUT2D eigenvalue weighted by Gasteiger charge is -2.26. The lowest BCUT2D eigenvalue weighted by atomic mass is 9.93. The third-order valence-electron chi connectivity index (χ3n) is 10.7. The van der Waals surface area contributed by atoms with E-state index in [0.717, 1.165) is 64.5 Å². The quantitative estimate of drug-likeness (QED) is 0.0734. The van der Waals surface area contributed by atoms with E-state index < -0.39 is 20.2 Å². The first-order valence-electron chi connectivity index (χ1n) is 21.9. The molecule has 0 atom stereocenters. The molecule has 0 amide bonds. The summed E-state index contributed by atoms with van der Waals surface area (Å²) in [7, 11) is -8.19. The summed E-state index contributed by atoms with van der Waals surface area (Å²) in [4.78, 5) is 4.38. The number of fused-ring (bicyclic) bond motifs is 2. The average molecular weight is 905 g/mol. The van der Waals surface area contributed by atoms with Crippen molar-refractivity contribution in [1.29, 1.82) is 0 Å². The van der Waals surface area contributed by atoms with E-state index in [4.69, 9.17) is 28.1 Å². The zero-order valence-corrected chi connectivity index (χ0v) is 38.0. The summed E-state index contributed by atoms with van der Waals surface area (Å²) < 4.78 is 103. The highest BCUT2D eigenvalue weighted by Crippen LogP contribution is 2.41.